The molecule has 5 aromatic rings. The van der Waals surface area contributed by atoms with Gasteiger partial charge in [0.05, 0.1) is 23.8 Å². The number of carbonyl (C=O) groups is 1. The summed E-state index contributed by atoms with van der Waals surface area (Å²) in [4.78, 5) is 18.2. The third kappa shape index (κ3) is 3.90. The molecule has 0 unspecified atom stereocenters. The van der Waals surface area contributed by atoms with E-state index in [1.165, 1.54) is 0 Å². The van der Waals surface area contributed by atoms with E-state index < -0.39 is 0 Å². The third-order valence-corrected chi connectivity index (χ3v) is 7.01. The topological polar surface area (TPSA) is 94.3 Å². The normalized spacial score (nSPS) is 14.7. The number of rotatable bonds is 4. The average molecular weight is 466 g/mol. The number of fused-ring (bicyclic) bond motifs is 2. The van der Waals surface area contributed by atoms with Crippen molar-refractivity contribution in [1.82, 2.24) is 29.3 Å². The molecule has 0 radical (unpaired) electrons. The number of benzene rings is 2. The van der Waals surface area contributed by atoms with E-state index in [0.29, 0.717) is 12.4 Å². The number of carbonyl (C=O) groups excluding carboxylic acids is 1. The first-order valence-electron chi connectivity index (χ1n) is 12.0. The molecule has 2 aromatic carbocycles. The molecule has 4 heterocycles. The highest BCUT2D eigenvalue weighted by molar-refractivity contribution is 5.94. The Morgan fingerprint density at radius 3 is 2.63 bits per heavy atom. The standard InChI is InChI=1S/C27H27N7O/c1-18(35)32-12-9-20(10-13-32)27-29-16-25-22(11-14-33(25)31-27)21-7-8-23-24(15-21)30-34(26(23)28)17-19-5-3-2-4-6-19/h2-8,11,14-16,20H,9-10,12-13,17,28H2,1H3. The van der Waals surface area contributed by atoms with Gasteiger partial charge in [0.2, 0.25) is 5.91 Å². The molecule has 8 nitrogen and oxygen atoms in total. The van der Waals surface area contributed by atoms with Gasteiger partial charge in [0, 0.05) is 43.1 Å². The Kier molecular flexibility index (Phi) is 5.21. The summed E-state index contributed by atoms with van der Waals surface area (Å²) in [6, 6.07) is 18.5. The minimum absolute atomic E-state index is 0.137. The molecule has 2 N–H and O–H groups in total. The zero-order valence-corrected chi connectivity index (χ0v) is 19.6. The number of nitrogens with zero attached hydrogens (tertiary/aromatic N) is 6. The lowest BCUT2D eigenvalue weighted by Gasteiger charge is -2.30. The number of hydrogen-bond acceptors (Lipinski definition) is 5. The summed E-state index contributed by atoms with van der Waals surface area (Å²) in [6.45, 7) is 3.79. The molecule has 1 fully saturated rings. The number of anilines is 1. The number of hydrogen-bond donors (Lipinski definition) is 1. The number of aromatic nitrogens is 5. The van der Waals surface area contributed by atoms with E-state index in [0.717, 1.165) is 64.9 Å². The van der Waals surface area contributed by atoms with Gasteiger partial charge in [-0.15, -0.1) is 0 Å². The SMILES string of the molecule is CC(=O)N1CCC(c2ncc3c(-c4ccc5c(N)n(Cc6ccccc6)nc5c4)ccn3n2)CC1. The number of piperidine rings is 1. The summed E-state index contributed by atoms with van der Waals surface area (Å²) in [7, 11) is 0. The number of nitrogens with two attached hydrogens (primary N) is 1. The quantitative estimate of drug-likeness (QED) is 0.431. The molecule has 0 atom stereocenters. The molecule has 1 aliphatic heterocycles. The second kappa shape index (κ2) is 8.54. The molecule has 0 aliphatic carbocycles. The summed E-state index contributed by atoms with van der Waals surface area (Å²) in [6.07, 6.45) is 5.67. The number of nitrogen functional groups attached to an aromatic ring is 1. The van der Waals surface area contributed by atoms with Crippen molar-refractivity contribution in [2.75, 3.05) is 18.8 Å². The smallest absolute Gasteiger partial charge is 0.219 e. The molecule has 0 spiro atoms. The first-order valence-corrected chi connectivity index (χ1v) is 12.0. The van der Waals surface area contributed by atoms with Crippen LogP contribution in [0.1, 0.15) is 37.1 Å². The van der Waals surface area contributed by atoms with Gasteiger partial charge < -0.3 is 10.6 Å². The van der Waals surface area contributed by atoms with Crippen LogP contribution in [0.15, 0.2) is 67.0 Å². The van der Waals surface area contributed by atoms with Gasteiger partial charge in [-0.05, 0) is 42.2 Å². The van der Waals surface area contributed by atoms with Crippen LogP contribution >= 0.6 is 0 Å². The maximum Gasteiger partial charge on any atom is 0.219 e. The van der Waals surface area contributed by atoms with Gasteiger partial charge in [-0.25, -0.2) is 14.2 Å². The van der Waals surface area contributed by atoms with Crippen molar-refractivity contribution in [2.45, 2.75) is 32.2 Å². The minimum Gasteiger partial charge on any atom is -0.383 e. The zero-order chi connectivity index (χ0) is 23.9. The Morgan fingerprint density at radius 1 is 1.06 bits per heavy atom. The van der Waals surface area contributed by atoms with E-state index in [-0.39, 0.29) is 11.8 Å². The Morgan fingerprint density at radius 2 is 1.86 bits per heavy atom. The largest absolute Gasteiger partial charge is 0.383 e. The van der Waals surface area contributed by atoms with Gasteiger partial charge in [-0.1, -0.05) is 36.4 Å². The van der Waals surface area contributed by atoms with Crippen LogP contribution in [0.4, 0.5) is 5.82 Å². The lowest BCUT2D eigenvalue weighted by molar-refractivity contribution is -0.129. The van der Waals surface area contributed by atoms with E-state index in [1.54, 1.807) is 6.92 Å². The molecule has 1 saturated heterocycles. The highest BCUT2D eigenvalue weighted by Crippen LogP contribution is 2.31. The van der Waals surface area contributed by atoms with Crippen LogP contribution in [0.3, 0.4) is 0 Å². The van der Waals surface area contributed by atoms with Crippen molar-refractivity contribution < 1.29 is 4.79 Å². The summed E-state index contributed by atoms with van der Waals surface area (Å²) >= 11 is 0. The minimum atomic E-state index is 0.137. The van der Waals surface area contributed by atoms with Gasteiger partial charge in [-0.3, -0.25) is 4.79 Å². The van der Waals surface area contributed by atoms with E-state index in [4.69, 9.17) is 20.9 Å². The van der Waals surface area contributed by atoms with Crippen molar-refractivity contribution in [2.24, 2.45) is 0 Å². The average Bonchev–Trinajstić information content (AvgIpc) is 3.45. The van der Waals surface area contributed by atoms with Gasteiger partial charge in [0.1, 0.15) is 5.82 Å². The molecule has 1 amide bonds. The molecule has 0 saturated carbocycles. The molecular formula is C27H27N7O. The van der Waals surface area contributed by atoms with Crippen LogP contribution in [0.5, 0.6) is 0 Å². The predicted octanol–water partition coefficient (Wildman–Crippen LogP) is 4.10. The Hall–Kier alpha value is -4.20. The van der Waals surface area contributed by atoms with E-state index in [9.17, 15) is 4.79 Å². The van der Waals surface area contributed by atoms with E-state index in [1.807, 2.05) is 50.8 Å². The third-order valence-electron chi connectivity index (χ3n) is 7.01. The summed E-state index contributed by atoms with van der Waals surface area (Å²) in [5, 5.41) is 10.5. The van der Waals surface area contributed by atoms with E-state index >= 15 is 0 Å². The zero-order valence-electron chi connectivity index (χ0n) is 19.6. The monoisotopic (exact) mass is 465 g/mol. The van der Waals surface area contributed by atoms with Crippen molar-refractivity contribution >= 4 is 28.1 Å². The van der Waals surface area contributed by atoms with Crippen molar-refractivity contribution in [3.05, 3.63) is 78.4 Å². The number of amides is 1. The van der Waals surface area contributed by atoms with Gasteiger partial charge in [0.25, 0.3) is 0 Å². The molecule has 35 heavy (non-hydrogen) atoms. The predicted molar refractivity (Wildman–Crippen MR) is 136 cm³/mol. The van der Waals surface area contributed by atoms with Crippen molar-refractivity contribution in [3.8, 4) is 11.1 Å². The molecular weight excluding hydrogens is 438 g/mol. The first-order chi connectivity index (χ1) is 17.1. The maximum atomic E-state index is 11.6. The van der Waals surface area contributed by atoms with Gasteiger partial charge >= 0.3 is 0 Å². The van der Waals surface area contributed by atoms with Crippen molar-refractivity contribution in [3.63, 3.8) is 0 Å². The van der Waals surface area contributed by atoms with Crippen LogP contribution in [0, 0.1) is 0 Å². The fraction of sp³-hybridized carbons (Fsp3) is 0.259. The highest BCUT2D eigenvalue weighted by atomic mass is 16.2. The molecule has 176 valence electrons. The summed E-state index contributed by atoms with van der Waals surface area (Å²) < 4.78 is 3.76. The second-order valence-corrected chi connectivity index (χ2v) is 9.22. The summed E-state index contributed by atoms with van der Waals surface area (Å²) in [5.74, 6) is 1.92. The van der Waals surface area contributed by atoms with Gasteiger partial charge in [0.15, 0.2) is 5.82 Å². The fourth-order valence-electron chi connectivity index (χ4n) is 5.00. The number of likely N-dealkylation sites (tertiary alicyclic amines) is 1. The Bertz CT molecular complexity index is 1530. The first kappa shape index (κ1) is 21.3. The van der Waals surface area contributed by atoms with Crippen LogP contribution in [0.25, 0.3) is 27.5 Å². The van der Waals surface area contributed by atoms with E-state index in [2.05, 4.69) is 30.3 Å². The molecule has 0 bridgehead atoms. The lowest BCUT2D eigenvalue weighted by atomic mass is 9.96. The Labute approximate surface area is 203 Å². The van der Waals surface area contributed by atoms with Crippen LogP contribution in [-0.2, 0) is 11.3 Å². The van der Waals surface area contributed by atoms with Crippen LogP contribution < -0.4 is 5.73 Å². The molecule has 8 heteroatoms. The lowest BCUT2D eigenvalue weighted by Crippen LogP contribution is -2.36. The van der Waals surface area contributed by atoms with Crippen molar-refractivity contribution in [1.29, 1.82) is 0 Å². The van der Waals surface area contributed by atoms with Gasteiger partial charge in [-0.2, -0.15) is 10.2 Å². The molecule has 1 aliphatic rings. The maximum absolute atomic E-state index is 11.6. The highest BCUT2D eigenvalue weighted by Gasteiger charge is 2.24. The van der Waals surface area contributed by atoms with Crippen LogP contribution in [-0.4, -0.2) is 48.3 Å². The fourth-order valence-corrected chi connectivity index (χ4v) is 5.00. The molecule has 3 aromatic heterocycles. The molecule has 6 rings (SSSR count). The van der Waals surface area contributed by atoms with Crippen LogP contribution in [0.2, 0.25) is 0 Å². The Balaban J connectivity index is 1.28. The summed E-state index contributed by atoms with van der Waals surface area (Å²) in [5.41, 5.74) is 11.5. The second-order valence-electron chi connectivity index (χ2n) is 9.22.